The zero-order valence-corrected chi connectivity index (χ0v) is 19.7. The summed E-state index contributed by atoms with van der Waals surface area (Å²) in [6.45, 7) is 6.38. The molecule has 1 aromatic carbocycles. The van der Waals surface area contributed by atoms with E-state index in [1.165, 1.54) is 28.2 Å². The van der Waals surface area contributed by atoms with Gasteiger partial charge in [0.15, 0.2) is 5.76 Å². The smallest absolute Gasteiger partial charge is 0.290 e. The minimum atomic E-state index is -0.580. The Morgan fingerprint density at radius 2 is 1.97 bits per heavy atom. The molecule has 0 saturated heterocycles. The number of hydrogen-bond donors (Lipinski definition) is 0. The Hall–Kier alpha value is -3.13. The van der Waals surface area contributed by atoms with Gasteiger partial charge in [0.25, 0.3) is 5.91 Å². The van der Waals surface area contributed by atoms with Crippen molar-refractivity contribution in [3.63, 3.8) is 0 Å². The highest BCUT2D eigenvalue weighted by Crippen LogP contribution is 2.34. The molecule has 1 atom stereocenters. The lowest BCUT2D eigenvalue weighted by Crippen LogP contribution is -2.53. The number of nitrogens with zero attached hydrogens (tertiary/aromatic N) is 2. The molecule has 174 valence electrons. The van der Waals surface area contributed by atoms with Crippen molar-refractivity contribution in [3.8, 4) is 5.75 Å². The minimum absolute atomic E-state index is 0.0739. The van der Waals surface area contributed by atoms with E-state index in [0.29, 0.717) is 12.3 Å². The second-order valence-electron chi connectivity index (χ2n) is 8.96. The van der Waals surface area contributed by atoms with Gasteiger partial charge in [0.2, 0.25) is 5.91 Å². The fourth-order valence-electron chi connectivity index (χ4n) is 3.95. The molecule has 1 aliphatic heterocycles. The van der Waals surface area contributed by atoms with Crippen LogP contribution < -0.4 is 4.74 Å². The number of thiophene rings is 1. The summed E-state index contributed by atoms with van der Waals surface area (Å²) >= 11 is 1.67. The van der Waals surface area contributed by atoms with Crippen molar-refractivity contribution < 1.29 is 23.1 Å². The number of hydrogen-bond acceptors (Lipinski definition) is 5. The zero-order valence-electron chi connectivity index (χ0n) is 18.9. The lowest BCUT2D eigenvalue weighted by Gasteiger charge is -2.40. The van der Waals surface area contributed by atoms with Gasteiger partial charge in [-0.1, -0.05) is 0 Å². The Morgan fingerprint density at radius 1 is 1.21 bits per heavy atom. The summed E-state index contributed by atoms with van der Waals surface area (Å²) in [5, 5.41) is 2.02. The van der Waals surface area contributed by atoms with E-state index < -0.39 is 5.54 Å². The number of amides is 2. The molecule has 3 aromatic rings. The first-order valence-corrected chi connectivity index (χ1v) is 11.7. The van der Waals surface area contributed by atoms with Crippen molar-refractivity contribution in [2.75, 3.05) is 19.7 Å². The van der Waals surface area contributed by atoms with E-state index in [9.17, 15) is 14.0 Å². The van der Waals surface area contributed by atoms with Gasteiger partial charge in [0, 0.05) is 17.0 Å². The first-order chi connectivity index (χ1) is 15.7. The van der Waals surface area contributed by atoms with Crippen molar-refractivity contribution in [3.05, 3.63) is 76.1 Å². The summed E-state index contributed by atoms with van der Waals surface area (Å²) in [5.41, 5.74) is 0.476. The van der Waals surface area contributed by atoms with E-state index in [0.717, 1.165) is 12.0 Å². The van der Waals surface area contributed by atoms with Gasteiger partial charge in [-0.05, 0) is 80.6 Å². The van der Waals surface area contributed by atoms with Crippen molar-refractivity contribution in [2.24, 2.45) is 0 Å². The predicted molar refractivity (Wildman–Crippen MR) is 124 cm³/mol. The van der Waals surface area contributed by atoms with Crippen LogP contribution >= 0.6 is 11.3 Å². The number of rotatable bonds is 6. The molecule has 2 amide bonds. The third kappa shape index (κ3) is 5.11. The van der Waals surface area contributed by atoms with Gasteiger partial charge in [-0.3, -0.25) is 9.59 Å². The lowest BCUT2D eigenvalue weighted by atomic mass is 9.99. The molecule has 0 saturated carbocycles. The molecule has 4 rings (SSSR count). The molecule has 6 nitrogen and oxygen atoms in total. The van der Waals surface area contributed by atoms with Crippen LogP contribution in [0.15, 0.2) is 58.5 Å². The normalized spacial score (nSPS) is 15.8. The highest BCUT2D eigenvalue weighted by atomic mass is 32.1. The third-order valence-corrected chi connectivity index (χ3v) is 6.71. The highest BCUT2D eigenvalue weighted by molar-refractivity contribution is 7.10. The van der Waals surface area contributed by atoms with Gasteiger partial charge in [0.05, 0.1) is 12.3 Å². The van der Waals surface area contributed by atoms with Crippen LogP contribution in [0.2, 0.25) is 0 Å². The monoisotopic (exact) mass is 470 g/mol. The first kappa shape index (κ1) is 23.0. The van der Waals surface area contributed by atoms with Crippen LogP contribution in [0.25, 0.3) is 0 Å². The molecular weight excluding hydrogens is 443 g/mol. The molecule has 2 aromatic heterocycles. The van der Waals surface area contributed by atoms with Crippen molar-refractivity contribution in [1.82, 2.24) is 9.80 Å². The van der Waals surface area contributed by atoms with Crippen molar-refractivity contribution in [2.45, 2.75) is 38.8 Å². The molecule has 0 aliphatic carbocycles. The number of carbonyl (C=O) groups is 2. The Morgan fingerprint density at radius 3 is 2.64 bits per heavy atom. The van der Waals surface area contributed by atoms with E-state index >= 15 is 0 Å². The van der Waals surface area contributed by atoms with Crippen LogP contribution in [0.4, 0.5) is 4.39 Å². The quantitative estimate of drug-likeness (QED) is 0.513. The molecule has 0 bridgehead atoms. The molecule has 0 fully saturated rings. The van der Waals surface area contributed by atoms with E-state index in [-0.39, 0.29) is 42.6 Å². The second kappa shape index (κ2) is 9.39. The number of carbonyl (C=O) groups excluding carboxylic acids is 2. The maximum atomic E-state index is 13.5. The van der Waals surface area contributed by atoms with E-state index in [1.807, 2.05) is 32.2 Å². The SMILES string of the molecule is CC(C)(C)N(CC(=O)N1CCc2sccc2[C@H]1COc1ccc(F)cc1)C(=O)c1ccco1. The summed E-state index contributed by atoms with van der Waals surface area (Å²) in [5.74, 6) is -0.0776. The first-order valence-electron chi connectivity index (χ1n) is 10.8. The predicted octanol–water partition coefficient (Wildman–Crippen LogP) is 4.93. The fourth-order valence-corrected chi connectivity index (χ4v) is 4.88. The van der Waals surface area contributed by atoms with Gasteiger partial charge in [-0.25, -0.2) is 4.39 Å². The van der Waals surface area contributed by atoms with Gasteiger partial charge in [-0.15, -0.1) is 11.3 Å². The summed E-state index contributed by atoms with van der Waals surface area (Å²) in [4.78, 5) is 31.1. The molecular formula is C25H27FN2O4S. The minimum Gasteiger partial charge on any atom is -0.491 e. The topological polar surface area (TPSA) is 63.0 Å². The van der Waals surface area contributed by atoms with Crippen molar-refractivity contribution in [1.29, 1.82) is 0 Å². The number of furan rings is 1. The molecule has 0 unspecified atom stereocenters. The molecule has 0 spiro atoms. The molecule has 3 heterocycles. The fraction of sp³-hybridized carbons (Fsp3) is 0.360. The van der Waals surface area contributed by atoms with Crippen molar-refractivity contribution >= 4 is 23.2 Å². The zero-order chi connectivity index (χ0) is 23.6. The Bertz CT molecular complexity index is 1100. The maximum absolute atomic E-state index is 13.5. The summed E-state index contributed by atoms with van der Waals surface area (Å²) in [6.07, 6.45) is 2.20. The van der Waals surface area contributed by atoms with E-state index in [1.54, 1.807) is 40.5 Å². The van der Waals surface area contributed by atoms with Crippen LogP contribution in [0.3, 0.4) is 0 Å². The summed E-state index contributed by atoms with van der Waals surface area (Å²) in [6, 6.07) is 10.8. The van der Waals surface area contributed by atoms with E-state index in [4.69, 9.17) is 9.15 Å². The average Bonchev–Trinajstić information content (AvgIpc) is 3.47. The summed E-state index contributed by atoms with van der Waals surface area (Å²) in [7, 11) is 0. The second-order valence-corrected chi connectivity index (χ2v) is 9.96. The van der Waals surface area contributed by atoms with Gasteiger partial charge < -0.3 is 19.0 Å². The van der Waals surface area contributed by atoms with Crippen LogP contribution in [0.1, 0.15) is 47.8 Å². The van der Waals surface area contributed by atoms with Gasteiger partial charge in [0.1, 0.15) is 24.7 Å². The molecule has 1 aliphatic rings. The van der Waals surface area contributed by atoms with Gasteiger partial charge >= 0.3 is 0 Å². The molecule has 33 heavy (non-hydrogen) atoms. The molecule has 8 heteroatoms. The van der Waals surface area contributed by atoms with Gasteiger partial charge in [-0.2, -0.15) is 0 Å². The Kier molecular flexibility index (Phi) is 6.56. The molecule has 0 N–H and O–H groups in total. The Labute approximate surface area is 196 Å². The van der Waals surface area contributed by atoms with E-state index in [2.05, 4.69) is 0 Å². The highest BCUT2D eigenvalue weighted by Gasteiger charge is 2.36. The average molecular weight is 471 g/mol. The number of fused-ring (bicyclic) bond motifs is 1. The summed E-state index contributed by atoms with van der Waals surface area (Å²) < 4.78 is 24.5. The number of halogens is 1. The largest absolute Gasteiger partial charge is 0.491 e. The van der Waals surface area contributed by atoms with Crippen LogP contribution in [-0.2, 0) is 11.2 Å². The van der Waals surface area contributed by atoms with Crippen LogP contribution in [0, 0.1) is 5.82 Å². The number of ether oxygens (including phenoxy) is 1. The Balaban J connectivity index is 1.54. The van der Waals surface area contributed by atoms with Crippen LogP contribution in [-0.4, -0.2) is 46.8 Å². The third-order valence-electron chi connectivity index (χ3n) is 5.72. The maximum Gasteiger partial charge on any atom is 0.290 e. The van der Waals surface area contributed by atoms with Crippen LogP contribution in [0.5, 0.6) is 5.75 Å². The standard InChI is InChI=1S/C25H27FN2O4S/c1-25(2,3)28(24(30)21-5-4-13-31-21)15-23(29)27-12-10-22-19(11-14-33-22)20(27)16-32-18-8-6-17(26)7-9-18/h4-9,11,13-14,20H,10,12,15-16H2,1-3H3/t20-/m1/s1. The molecule has 0 radical (unpaired) electrons. The lowest BCUT2D eigenvalue weighted by molar-refractivity contribution is -0.136. The number of benzene rings is 1.